The predicted molar refractivity (Wildman–Crippen MR) is 89.0 cm³/mol. The van der Waals surface area contributed by atoms with Crippen LogP contribution in [0.2, 0.25) is 0 Å². The van der Waals surface area contributed by atoms with Gasteiger partial charge in [0, 0.05) is 25.2 Å². The van der Waals surface area contributed by atoms with Gasteiger partial charge in [0.25, 0.3) is 5.91 Å². The van der Waals surface area contributed by atoms with Gasteiger partial charge in [0.1, 0.15) is 5.82 Å². The number of benzene rings is 1. The normalized spacial score (nSPS) is 19.8. The second-order valence-electron chi connectivity index (χ2n) is 6.86. The molecule has 126 valence electrons. The molecule has 4 rings (SSSR count). The van der Waals surface area contributed by atoms with Gasteiger partial charge in [-0.15, -0.1) is 0 Å². The summed E-state index contributed by atoms with van der Waals surface area (Å²) >= 11 is 0. The third kappa shape index (κ3) is 2.60. The first-order valence-electron chi connectivity index (χ1n) is 8.47. The van der Waals surface area contributed by atoms with Crippen LogP contribution in [0.5, 0.6) is 0 Å². The van der Waals surface area contributed by atoms with Crippen LogP contribution in [0, 0.1) is 11.2 Å². The molecule has 0 aliphatic carbocycles. The van der Waals surface area contributed by atoms with E-state index in [1.807, 2.05) is 4.90 Å². The van der Waals surface area contributed by atoms with Crippen LogP contribution < -0.4 is 5.32 Å². The van der Waals surface area contributed by atoms with E-state index in [2.05, 4.69) is 15.5 Å². The van der Waals surface area contributed by atoms with Gasteiger partial charge in [-0.3, -0.25) is 9.89 Å². The van der Waals surface area contributed by atoms with Gasteiger partial charge in [0.15, 0.2) is 0 Å². The molecule has 24 heavy (non-hydrogen) atoms. The SMILES string of the molecule is O=C(c1cn[nH]c1-c1ccccc1F)N1CCC2(CCNC2)CC1. The Labute approximate surface area is 140 Å². The molecule has 0 atom stereocenters. The first-order valence-corrected chi connectivity index (χ1v) is 8.47. The van der Waals surface area contributed by atoms with E-state index in [9.17, 15) is 9.18 Å². The van der Waals surface area contributed by atoms with Crippen LogP contribution in [0.25, 0.3) is 11.3 Å². The molecule has 0 unspecified atom stereocenters. The number of aromatic nitrogens is 2. The van der Waals surface area contributed by atoms with Crippen molar-refractivity contribution in [2.24, 2.45) is 5.41 Å². The highest BCUT2D eigenvalue weighted by atomic mass is 19.1. The van der Waals surface area contributed by atoms with E-state index in [1.54, 1.807) is 18.2 Å². The average Bonchev–Trinajstić information content (AvgIpc) is 3.25. The van der Waals surface area contributed by atoms with E-state index in [4.69, 9.17) is 0 Å². The second kappa shape index (κ2) is 6.02. The van der Waals surface area contributed by atoms with Crippen LogP contribution in [-0.4, -0.2) is 47.2 Å². The lowest BCUT2D eigenvalue weighted by Crippen LogP contribution is -2.44. The summed E-state index contributed by atoms with van der Waals surface area (Å²) in [7, 11) is 0. The molecule has 3 heterocycles. The summed E-state index contributed by atoms with van der Waals surface area (Å²) in [4.78, 5) is 14.8. The molecule has 1 aromatic heterocycles. The maximum absolute atomic E-state index is 14.1. The Kier molecular flexibility index (Phi) is 3.84. The number of likely N-dealkylation sites (tertiary alicyclic amines) is 1. The molecule has 2 fully saturated rings. The standard InChI is InChI=1S/C18H21FN4O/c19-15-4-2-1-3-13(15)16-14(11-21-22-16)17(24)23-9-6-18(7-10-23)5-8-20-12-18/h1-4,11,20H,5-10,12H2,(H,21,22). The minimum absolute atomic E-state index is 0.0668. The fourth-order valence-corrected chi connectivity index (χ4v) is 3.89. The lowest BCUT2D eigenvalue weighted by molar-refractivity contribution is 0.0608. The van der Waals surface area contributed by atoms with E-state index in [0.717, 1.165) is 39.0 Å². The van der Waals surface area contributed by atoms with Crippen molar-refractivity contribution < 1.29 is 9.18 Å². The topological polar surface area (TPSA) is 61.0 Å². The molecule has 2 saturated heterocycles. The summed E-state index contributed by atoms with van der Waals surface area (Å²) in [5, 5.41) is 10.2. The van der Waals surface area contributed by atoms with Crippen LogP contribution in [0.15, 0.2) is 30.5 Å². The Morgan fingerprint density at radius 3 is 2.71 bits per heavy atom. The van der Waals surface area contributed by atoms with Gasteiger partial charge < -0.3 is 10.2 Å². The molecule has 2 aromatic rings. The monoisotopic (exact) mass is 328 g/mol. The van der Waals surface area contributed by atoms with Gasteiger partial charge in [-0.05, 0) is 43.4 Å². The smallest absolute Gasteiger partial charge is 0.257 e. The number of hydrogen-bond acceptors (Lipinski definition) is 3. The van der Waals surface area contributed by atoms with Gasteiger partial charge in [-0.2, -0.15) is 5.10 Å². The highest BCUT2D eigenvalue weighted by Crippen LogP contribution is 2.37. The molecule has 1 spiro atoms. The molecule has 0 radical (unpaired) electrons. The molecule has 1 aromatic carbocycles. The van der Waals surface area contributed by atoms with Gasteiger partial charge in [0.05, 0.1) is 17.5 Å². The zero-order valence-corrected chi connectivity index (χ0v) is 13.5. The minimum atomic E-state index is -0.356. The Morgan fingerprint density at radius 2 is 2.00 bits per heavy atom. The van der Waals surface area contributed by atoms with Crippen molar-refractivity contribution in [2.45, 2.75) is 19.3 Å². The van der Waals surface area contributed by atoms with E-state index in [1.165, 1.54) is 18.7 Å². The molecule has 1 amide bonds. The summed E-state index contributed by atoms with van der Waals surface area (Å²) in [5.41, 5.74) is 1.65. The van der Waals surface area contributed by atoms with Crippen molar-refractivity contribution in [1.29, 1.82) is 0 Å². The lowest BCUT2D eigenvalue weighted by atomic mass is 9.78. The predicted octanol–water partition coefficient (Wildman–Crippen LogP) is 2.43. The Morgan fingerprint density at radius 1 is 1.21 bits per heavy atom. The van der Waals surface area contributed by atoms with Gasteiger partial charge in [0.2, 0.25) is 0 Å². The first kappa shape index (κ1) is 15.3. The lowest BCUT2D eigenvalue weighted by Gasteiger charge is -2.38. The fourth-order valence-electron chi connectivity index (χ4n) is 3.89. The number of H-pyrrole nitrogens is 1. The number of carbonyl (C=O) groups excluding carboxylic acids is 1. The van der Waals surface area contributed by atoms with Crippen LogP contribution in [0.1, 0.15) is 29.6 Å². The summed E-state index contributed by atoms with van der Waals surface area (Å²) < 4.78 is 14.1. The largest absolute Gasteiger partial charge is 0.338 e. The van der Waals surface area contributed by atoms with Crippen LogP contribution in [-0.2, 0) is 0 Å². The van der Waals surface area contributed by atoms with Crippen molar-refractivity contribution in [3.05, 3.63) is 41.8 Å². The number of amides is 1. The number of piperidine rings is 1. The van der Waals surface area contributed by atoms with Crippen LogP contribution >= 0.6 is 0 Å². The zero-order valence-electron chi connectivity index (χ0n) is 13.5. The Balaban J connectivity index is 1.54. The van der Waals surface area contributed by atoms with E-state index in [0.29, 0.717) is 22.2 Å². The van der Waals surface area contributed by atoms with Gasteiger partial charge in [-0.25, -0.2) is 4.39 Å². The Hall–Kier alpha value is -2.21. The number of halogens is 1. The Bertz CT molecular complexity index is 741. The maximum atomic E-state index is 14.1. The molecule has 2 aliphatic heterocycles. The van der Waals surface area contributed by atoms with Crippen molar-refractivity contribution in [3.8, 4) is 11.3 Å². The summed E-state index contributed by atoms with van der Waals surface area (Å²) in [5.74, 6) is -0.423. The number of rotatable bonds is 2. The van der Waals surface area contributed by atoms with Crippen molar-refractivity contribution in [2.75, 3.05) is 26.2 Å². The van der Waals surface area contributed by atoms with E-state index >= 15 is 0 Å². The molecule has 2 N–H and O–H groups in total. The molecule has 5 nitrogen and oxygen atoms in total. The zero-order chi connectivity index (χ0) is 16.6. The number of nitrogens with zero attached hydrogens (tertiary/aromatic N) is 2. The summed E-state index contributed by atoms with van der Waals surface area (Å²) in [6.45, 7) is 3.64. The molecule has 6 heteroatoms. The third-order valence-electron chi connectivity index (χ3n) is 5.46. The highest BCUT2D eigenvalue weighted by molar-refractivity contribution is 5.99. The molecule has 2 aliphatic rings. The van der Waals surface area contributed by atoms with Crippen molar-refractivity contribution in [3.63, 3.8) is 0 Å². The highest BCUT2D eigenvalue weighted by Gasteiger charge is 2.38. The number of nitrogens with one attached hydrogen (secondary N) is 2. The minimum Gasteiger partial charge on any atom is -0.338 e. The van der Waals surface area contributed by atoms with E-state index < -0.39 is 0 Å². The summed E-state index contributed by atoms with van der Waals surface area (Å²) in [6.07, 6.45) is 4.75. The van der Waals surface area contributed by atoms with E-state index in [-0.39, 0.29) is 11.7 Å². The second-order valence-corrected chi connectivity index (χ2v) is 6.86. The maximum Gasteiger partial charge on any atom is 0.257 e. The fraction of sp³-hybridized carbons (Fsp3) is 0.444. The summed E-state index contributed by atoms with van der Waals surface area (Å²) in [6, 6.07) is 6.44. The van der Waals surface area contributed by atoms with Gasteiger partial charge in [-0.1, -0.05) is 12.1 Å². The molecular weight excluding hydrogens is 307 g/mol. The van der Waals surface area contributed by atoms with Crippen molar-refractivity contribution >= 4 is 5.91 Å². The van der Waals surface area contributed by atoms with Crippen LogP contribution in [0.3, 0.4) is 0 Å². The molecular formula is C18H21FN4O. The first-order chi connectivity index (χ1) is 11.7. The van der Waals surface area contributed by atoms with Gasteiger partial charge >= 0.3 is 0 Å². The molecule has 0 bridgehead atoms. The average molecular weight is 328 g/mol. The molecule has 0 saturated carbocycles. The van der Waals surface area contributed by atoms with Crippen LogP contribution in [0.4, 0.5) is 4.39 Å². The number of carbonyl (C=O) groups is 1. The number of aromatic amines is 1. The quantitative estimate of drug-likeness (QED) is 0.890. The van der Waals surface area contributed by atoms with Crippen molar-refractivity contribution in [1.82, 2.24) is 20.4 Å². The number of hydrogen-bond donors (Lipinski definition) is 2. The third-order valence-corrected chi connectivity index (χ3v) is 5.46.